The van der Waals surface area contributed by atoms with E-state index in [1.54, 1.807) is 12.4 Å². The maximum Gasteiger partial charge on any atom is 0.460 e. The van der Waals surface area contributed by atoms with Crippen molar-refractivity contribution in [3.05, 3.63) is 30.6 Å². The van der Waals surface area contributed by atoms with Gasteiger partial charge in [0.05, 0.1) is 0 Å². The first-order valence-corrected chi connectivity index (χ1v) is 9.87. The second-order valence-electron chi connectivity index (χ2n) is 7.92. The molecule has 1 heterocycles. The van der Waals surface area contributed by atoms with Crippen molar-refractivity contribution in [2.24, 2.45) is 0 Å². The maximum atomic E-state index is 13.8. The number of nitrogens with zero attached hydrogens (tertiary/aromatic N) is 2. The molecule has 29 heteroatoms. The van der Waals surface area contributed by atoms with E-state index < -0.39 is 77.1 Å². The molecule has 0 atom stereocenters. The van der Waals surface area contributed by atoms with Crippen LogP contribution in [0.1, 0.15) is 0 Å². The van der Waals surface area contributed by atoms with Crippen molar-refractivity contribution < 1.29 is 119 Å². The fourth-order valence-electron chi connectivity index (χ4n) is 2.36. The van der Waals surface area contributed by atoms with Gasteiger partial charge in [-0.1, -0.05) is 6.07 Å². The van der Waals surface area contributed by atoms with Gasteiger partial charge in [0.2, 0.25) is 0 Å². The summed E-state index contributed by atoms with van der Waals surface area (Å²) in [5.74, 6) is -55.4. The molecule has 0 unspecified atom stereocenters. The van der Waals surface area contributed by atoms with Crippen molar-refractivity contribution >= 4 is 0 Å². The first-order chi connectivity index (χ1) is 19.6. The van der Waals surface area contributed by atoms with Gasteiger partial charge in [-0.25, -0.2) is 0 Å². The molecule has 0 aliphatic heterocycles. The van der Waals surface area contributed by atoms with E-state index in [0.717, 1.165) is 0 Å². The lowest BCUT2D eigenvalue weighted by atomic mass is 10.00. The molecule has 0 aromatic carbocycles. The van der Waals surface area contributed by atoms with Gasteiger partial charge in [-0.2, -0.15) is 119 Å². The van der Waals surface area contributed by atoms with Gasteiger partial charge >= 0.3 is 72.2 Å². The predicted molar refractivity (Wildman–Crippen MR) is 88.8 cm³/mol. The Morgan fingerprint density at radius 1 is 0.283 bits per heavy atom. The summed E-state index contributed by atoms with van der Waals surface area (Å²) >= 11 is 0. The minimum Gasteiger partial charge on any atom is -0.265 e. The number of hydrogen-bond donors (Lipinski definition) is 0. The van der Waals surface area contributed by atoms with Crippen LogP contribution < -0.4 is 0 Å². The third-order valence-electron chi connectivity index (χ3n) is 4.79. The van der Waals surface area contributed by atoms with Crippen LogP contribution in [0.3, 0.4) is 0 Å². The molecule has 1 aromatic heterocycles. The van der Waals surface area contributed by atoms with E-state index in [4.69, 9.17) is 0 Å². The van der Waals surface area contributed by atoms with Gasteiger partial charge in [0.25, 0.3) is 0 Å². The Bertz CT molecular complexity index is 998. The summed E-state index contributed by atoms with van der Waals surface area (Å²) in [6, 6.07) is -23.7. The molecule has 0 N–H and O–H groups in total. The van der Waals surface area contributed by atoms with Crippen LogP contribution >= 0.6 is 0 Å². The minimum atomic E-state index is -9.81. The highest BCUT2D eigenvalue weighted by atomic mass is 19.5. The molecule has 0 bridgehead atoms. The fraction of sp³-hybridized carbons (Fsp3) is 0.706. The molecule has 1 rings (SSSR count). The summed E-state index contributed by atoms with van der Waals surface area (Å²) in [6.07, 6.45) is -21.8. The zero-order chi connectivity index (χ0) is 37.8. The van der Waals surface area contributed by atoms with E-state index in [-0.39, 0.29) is 0 Å². The second-order valence-corrected chi connectivity index (χ2v) is 7.92. The maximum absolute atomic E-state index is 13.8. The molecule has 46 heavy (non-hydrogen) atoms. The zero-order valence-electron chi connectivity index (χ0n) is 20.0. The Balaban J connectivity index is 0.00000299. The Kier molecular flexibility index (Phi) is 11.0. The Labute approximate surface area is 232 Å². The van der Waals surface area contributed by atoms with Crippen LogP contribution in [-0.4, -0.2) is 82.1 Å². The predicted octanol–water partition coefficient (Wildman–Crippen LogP) is 9.65. The Morgan fingerprint density at radius 2 is 0.478 bits per heavy atom. The lowest BCUT2D eigenvalue weighted by Crippen LogP contribution is -2.81. The second kappa shape index (κ2) is 11.7. The van der Waals surface area contributed by atoms with Crippen molar-refractivity contribution in [1.29, 1.82) is 0 Å². The van der Waals surface area contributed by atoms with Crippen LogP contribution in [0.25, 0.3) is 0 Å². The molecule has 0 saturated heterocycles. The highest BCUT2D eigenvalue weighted by molar-refractivity contribution is 5.12. The summed E-state index contributed by atoms with van der Waals surface area (Å²) in [6.45, 7) is 0. The lowest BCUT2D eigenvalue weighted by molar-refractivity contribution is -0.528. The summed E-state index contributed by atoms with van der Waals surface area (Å²) in [5, 5.41) is 0. The molecular formula is C17H5F27N2. The molecule has 1 aromatic rings. The van der Waals surface area contributed by atoms with Crippen molar-refractivity contribution in [2.45, 2.75) is 72.2 Å². The smallest absolute Gasteiger partial charge is 0.265 e. The topological polar surface area (TPSA) is 16.1 Å². The fourth-order valence-corrected chi connectivity index (χ4v) is 2.36. The number of pyridine rings is 1. The van der Waals surface area contributed by atoms with Gasteiger partial charge in [-0.05, 0) is 12.1 Å². The molecular weight excluding hydrogens is 745 g/mol. The summed E-state index contributed by atoms with van der Waals surface area (Å²) in [4.78, 5) is -2.36. The van der Waals surface area contributed by atoms with Gasteiger partial charge in [0.1, 0.15) is 0 Å². The highest BCUT2D eigenvalue weighted by Crippen LogP contribution is 2.65. The number of aromatic nitrogens is 1. The lowest BCUT2D eigenvalue weighted by Gasteiger charge is -2.49. The molecule has 0 amide bonds. The van der Waals surface area contributed by atoms with Crippen molar-refractivity contribution in [3.8, 4) is 0 Å². The van der Waals surface area contributed by atoms with Gasteiger partial charge in [0, 0.05) is 12.4 Å². The number of hydrogen-bond acceptors (Lipinski definition) is 2. The largest absolute Gasteiger partial charge is 0.460 e. The van der Waals surface area contributed by atoms with Crippen molar-refractivity contribution in [1.82, 2.24) is 9.88 Å². The summed E-state index contributed by atoms with van der Waals surface area (Å²) in [5.41, 5.74) is 0. The van der Waals surface area contributed by atoms with E-state index in [0.29, 0.717) is 0 Å². The highest BCUT2D eigenvalue weighted by Gasteiger charge is 2.96. The van der Waals surface area contributed by atoms with Crippen LogP contribution in [-0.2, 0) is 0 Å². The van der Waals surface area contributed by atoms with Crippen molar-refractivity contribution in [3.63, 3.8) is 0 Å². The normalized spacial score (nSPS) is 15.9. The van der Waals surface area contributed by atoms with Crippen LogP contribution in [0.2, 0.25) is 0 Å². The first-order valence-electron chi connectivity index (χ1n) is 9.87. The van der Waals surface area contributed by atoms with Crippen LogP contribution in [0.4, 0.5) is 119 Å². The average molecular weight is 750 g/mol. The van der Waals surface area contributed by atoms with E-state index in [1.807, 2.05) is 18.2 Å². The average Bonchev–Trinajstić information content (AvgIpc) is 2.82. The SMILES string of the molecule is FC(F)(F)C(F)(F)C(F)(F)C(F)(F)N(C(F)(F)C(F)(F)C(F)(F)C(F)(F)F)C(F)(F)C(F)(F)C(F)(F)C(F)(F)F.c1ccncc1. The van der Waals surface area contributed by atoms with E-state index in [1.165, 1.54) is 0 Å². The molecule has 0 radical (unpaired) electrons. The minimum absolute atomic E-state index is 1.75. The van der Waals surface area contributed by atoms with Gasteiger partial charge in [-0.3, -0.25) is 4.98 Å². The summed E-state index contributed by atoms with van der Waals surface area (Å²) in [7, 11) is 0. The number of halogens is 27. The molecule has 272 valence electrons. The zero-order valence-corrected chi connectivity index (χ0v) is 20.0. The third-order valence-corrected chi connectivity index (χ3v) is 4.79. The standard InChI is InChI=1S/C12F27N.C5H5N/c13-1(14,7(25,26)27)4(19,20)10(34,35)40(11(36,37)5(21,22)2(15,16)8(28,29)30)12(38,39)6(23,24)3(17,18)9(31,32)33;1-2-4-6-5-3-1/h;1-5H. The molecule has 0 aliphatic rings. The number of rotatable bonds is 9. The van der Waals surface area contributed by atoms with Crippen LogP contribution in [0, 0.1) is 0 Å². The molecule has 0 fully saturated rings. The van der Waals surface area contributed by atoms with Crippen LogP contribution in [0.15, 0.2) is 30.6 Å². The van der Waals surface area contributed by atoms with E-state index in [9.17, 15) is 119 Å². The van der Waals surface area contributed by atoms with Crippen LogP contribution in [0.5, 0.6) is 0 Å². The summed E-state index contributed by atoms with van der Waals surface area (Å²) < 4.78 is 349. The van der Waals surface area contributed by atoms with Gasteiger partial charge in [-0.15, -0.1) is 4.90 Å². The van der Waals surface area contributed by atoms with Gasteiger partial charge in [0.15, 0.2) is 0 Å². The van der Waals surface area contributed by atoms with E-state index in [2.05, 4.69) is 4.98 Å². The van der Waals surface area contributed by atoms with Gasteiger partial charge < -0.3 is 0 Å². The molecule has 0 saturated carbocycles. The molecule has 2 nitrogen and oxygen atoms in total. The molecule has 0 aliphatic carbocycles. The third kappa shape index (κ3) is 6.38. The quantitative estimate of drug-likeness (QED) is 0.185. The van der Waals surface area contributed by atoms with Crippen molar-refractivity contribution in [2.75, 3.05) is 0 Å². The monoisotopic (exact) mass is 750 g/mol. The Hall–Kier alpha value is -2.78. The van der Waals surface area contributed by atoms with E-state index >= 15 is 0 Å². The molecule has 0 spiro atoms. The first kappa shape index (κ1) is 43.2. The Morgan fingerprint density at radius 3 is 0.587 bits per heavy atom. The number of alkyl halides is 27.